The predicted molar refractivity (Wildman–Crippen MR) is 183 cm³/mol. The minimum atomic E-state index is -4.33. The summed E-state index contributed by atoms with van der Waals surface area (Å²) in [6.45, 7) is -0.971. The molecule has 0 bridgehead atoms. The second-order valence-corrected chi connectivity index (χ2v) is 14.3. The maximum Gasteiger partial charge on any atom is 0.264 e. The van der Waals surface area contributed by atoms with Crippen molar-refractivity contribution >= 4 is 50.7 Å². The molecule has 246 valence electrons. The van der Waals surface area contributed by atoms with Crippen LogP contribution in [0.3, 0.4) is 0 Å². The molecule has 1 atom stereocenters. The lowest BCUT2D eigenvalue weighted by Crippen LogP contribution is -2.55. The molecular weight excluding hydrogens is 660 g/mol. The smallest absolute Gasteiger partial charge is 0.264 e. The van der Waals surface area contributed by atoms with Crippen molar-refractivity contribution < 1.29 is 22.4 Å². The van der Waals surface area contributed by atoms with Crippen LogP contribution in [0.25, 0.3) is 0 Å². The molecule has 0 unspecified atom stereocenters. The number of anilines is 1. The Labute approximate surface area is 285 Å². The van der Waals surface area contributed by atoms with Crippen LogP contribution >= 0.6 is 23.2 Å². The summed E-state index contributed by atoms with van der Waals surface area (Å²) < 4.78 is 44.3. The molecule has 0 saturated heterocycles. The lowest BCUT2D eigenvalue weighted by Gasteiger charge is -2.35. The molecule has 0 radical (unpaired) electrons. The highest BCUT2D eigenvalue weighted by atomic mass is 35.5. The van der Waals surface area contributed by atoms with Crippen LogP contribution in [0.15, 0.2) is 108 Å². The average Bonchev–Trinajstić information content (AvgIpc) is 3.06. The van der Waals surface area contributed by atoms with Gasteiger partial charge in [-0.05, 0) is 54.8 Å². The Bertz CT molecular complexity index is 1770. The zero-order valence-corrected chi connectivity index (χ0v) is 28.0. The van der Waals surface area contributed by atoms with Gasteiger partial charge in [-0.2, -0.15) is 0 Å². The van der Waals surface area contributed by atoms with E-state index in [1.54, 1.807) is 36.4 Å². The van der Waals surface area contributed by atoms with E-state index >= 15 is 4.39 Å². The summed E-state index contributed by atoms with van der Waals surface area (Å²) in [6, 6.07) is 26.1. The molecule has 1 aliphatic carbocycles. The molecule has 5 rings (SSSR count). The second kappa shape index (κ2) is 15.8. The van der Waals surface area contributed by atoms with Crippen molar-refractivity contribution in [2.24, 2.45) is 0 Å². The van der Waals surface area contributed by atoms with E-state index in [1.165, 1.54) is 41.3 Å². The van der Waals surface area contributed by atoms with Gasteiger partial charge in [0.2, 0.25) is 11.8 Å². The highest BCUT2D eigenvalue weighted by molar-refractivity contribution is 7.92. The van der Waals surface area contributed by atoms with Crippen LogP contribution in [0, 0.1) is 5.82 Å². The first-order valence-corrected chi connectivity index (χ1v) is 17.7. The van der Waals surface area contributed by atoms with E-state index in [9.17, 15) is 18.0 Å². The van der Waals surface area contributed by atoms with Gasteiger partial charge in [-0.25, -0.2) is 12.8 Å². The minimum Gasteiger partial charge on any atom is -0.352 e. The van der Waals surface area contributed by atoms with Crippen LogP contribution in [0.4, 0.5) is 10.1 Å². The lowest BCUT2D eigenvalue weighted by molar-refractivity contribution is -0.140. The molecule has 1 aliphatic rings. The van der Waals surface area contributed by atoms with E-state index in [0.29, 0.717) is 0 Å². The minimum absolute atomic E-state index is 0.0523. The van der Waals surface area contributed by atoms with Gasteiger partial charge in [-0.3, -0.25) is 13.9 Å². The fourth-order valence-electron chi connectivity index (χ4n) is 5.84. The molecule has 2 amide bonds. The number of hydrogen-bond donors (Lipinski definition) is 1. The summed E-state index contributed by atoms with van der Waals surface area (Å²) in [7, 11) is -4.33. The van der Waals surface area contributed by atoms with Gasteiger partial charge < -0.3 is 10.2 Å². The highest BCUT2D eigenvalue weighted by Gasteiger charge is 2.36. The summed E-state index contributed by atoms with van der Waals surface area (Å²) >= 11 is 12.6. The van der Waals surface area contributed by atoms with Crippen LogP contribution in [0.2, 0.25) is 10.0 Å². The quantitative estimate of drug-likeness (QED) is 0.167. The van der Waals surface area contributed by atoms with Crippen molar-refractivity contribution in [3.05, 3.63) is 130 Å². The third-order valence-corrected chi connectivity index (χ3v) is 10.5. The second-order valence-electron chi connectivity index (χ2n) is 11.6. The standard InChI is InChI=1S/C36H36Cl2FN3O4S/c37-28-21-29(38)23-31(22-28)42(47(45,46)32-17-8-3-9-18-32)25-35(43)41(24-27-14-10-11-19-33(27)39)34(20-26-12-4-1-5-13-26)36(44)40-30-15-6-2-7-16-30/h1,3-5,8-14,17-19,21-23,30,34H,2,6-7,15-16,20,24-25H2,(H,40,44)/t34-/m1/s1. The van der Waals surface area contributed by atoms with E-state index in [0.717, 1.165) is 42.0 Å². The van der Waals surface area contributed by atoms with Crippen molar-refractivity contribution in [3.8, 4) is 0 Å². The molecule has 11 heteroatoms. The largest absolute Gasteiger partial charge is 0.352 e. The molecule has 0 aliphatic heterocycles. The molecule has 1 fully saturated rings. The molecular formula is C36H36Cl2FN3O4S. The van der Waals surface area contributed by atoms with E-state index in [1.807, 2.05) is 30.3 Å². The number of carbonyl (C=O) groups excluding carboxylic acids is 2. The van der Waals surface area contributed by atoms with Crippen molar-refractivity contribution in [1.29, 1.82) is 0 Å². The van der Waals surface area contributed by atoms with Crippen LogP contribution < -0.4 is 9.62 Å². The third kappa shape index (κ3) is 8.91. The van der Waals surface area contributed by atoms with E-state index in [4.69, 9.17) is 23.2 Å². The molecule has 7 nitrogen and oxygen atoms in total. The van der Waals surface area contributed by atoms with Gasteiger partial charge in [0.05, 0.1) is 10.6 Å². The Morgan fingerprint density at radius 3 is 2.06 bits per heavy atom. The lowest BCUT2D eigenvalue weighted by atomic mass is 9.94. The first-order chi connectivity index (χ1) is 22.6. The summed E-state index contributed by atoms with van der Waals surface area (Å²) in [5.74, 6) is -1.64. The Balaban J connectivity index is 1.58. The van der Waals surface area contributed by atoms with Gasteiger partial charge in [0, 0.05) is 34.6 Å². The molecule has 0 aromatic heterocycles. The number of halogens is 3. The van der Waals surface area contributed by atoms with Crippen molar-refractivity contribution in [2.75, 3.05) is 10.8 Å². The van der Waals surface area contributed by atoms with Gasteiger partial charge in [0.25, 0.3) is 10.0 Å². The highest BCUT2D eigenvalue weighted by Crippen LogP contribution is 2.30. The fraction of sp³-hybridized carbons (Fsp3) is 0.278. The SMILES string of the molecule is O=C(NC1CCCCC1)[C@@H](Cc1ccccc1)N(Cc1ccccc1F)C(=O)CN(c1cc(Cl)cc(Cl)c1)S(=O)(=O)c1ccccc1. The predicted octanol–water partition coefficient (Wildman–Crippen LogP) is 7.42. The summed E-state index contributed by atoms with van der Waals surface area (Å²) in [6.07, 6.45) is 4.85. The van der Waals surface area contributed by atoms with Crippen molar-refractivity contribution in [3.63, 3.8) is 0 Å². The molecule has 4 aromatic carbocycles. The Morgan fingerprint density at radius 2 is 1.43 bits per heavy atom. The Kier molecular flexibility index (Phi) is 11.6. The molecule has 0 spiro atoms. The first kappa shape index (κ1) is 34.4. The molecule has 1 saturated carbocycles. The maximum absolute atomic E-state index is 15.1. The number of benzene rings is 4. The summed E-state index contributed by atoms with van der Waals surface area (Å²) in [5, 5.41) is 3.48. The van der Waals surface area contributed by atoms with Gasteiger partial charge in [-0.15, -0.1) is 0 Å². The normalized spacial score (nSPS) is 14.3. The van der Waals surface area contributed by atoms with Crippen LogP contribution in [-0.2, 0) is 32.6 Å². The van der Waals surface area contributed by atoms with Crippen molar-refractivity contribution in [1.82, 2.24) is 10.2 Å². The number of hydrogen-bond acceptors (Lipinski definition) is 4. The number of nitrogens with one attached hydrogen (secondary N) is 1. The zero-order chi connectivity index (χ0) is 33.4. The molecule has 0 heterocycles. The topological polar surface area (TPSA) is 86.8 Å². The Hall–Kier alpha value is -3.92. The van der Waals surface area contributed by atoms with Gasteiger partial charge in [-0.1, -0.05) is 109 Å². The van der Waals surface area contributed by atoms with Crippen LogP contribution in [0.1, 0.15) is 43.2 Å². The number of rotatable bonds is 12. The van der Waals surface area contributed by atoms with E-state index < -0.39 is 34.3 Å². The third-order valence-electron chi connectivity index (χ3n) is 8.27. The number of nitrogens with zero attached hydrogens (tertiary/aromatic N) is 2. The van der Waals surface area contributed by atoms with E-state index in [-0.39, 0.29) is 51.1 Å². The zero-order valence-electron chi connectivity index (χ0n) is 25.7. The number of sulfonamides is 1. The molecule has 4 aromatic rings. The average molecular weight is 697 g/mol. The molecule has 47 heavy (non-hydrogen) atoms. The first-order valence-electron chi connectivity index (χ1n) is 15.5. The Morgan fingerprint density at radius 1 is 0.830 bits per heavy atom. The van der Waals surface area contributed by atoms with Crippen LogP contribution in [-0.4, -0.2) is 43.8 Å². The summed E-state index contributed by atoms with van der Waals surface area (Å²) in [5.41, 5.74) is 1.04. The number of amides is 2. The van der Waals surface area contributed by atoms with Crippen molar-refractivity contribution in [2.45, 2.75) is 62.0 Å². The van der Waals surface area contributed by atoms with Gasteiger partial charge in [0.1, 0.15) is 18.4 Å². The number of carbonyl (C=O) groups is 2. The maximum atomic E-state index is 15.1. The van der Waals surface area contributed by atoms with Gasteiger partial charge in [0.15, 0.2) is 0 Å². The fourth-order valence-corrected chi connectivity index (χ4v) is 7.77. The van der Waals surface area contributed by atoms with Crippen LogP contribution in [0.5, 0.6) is 0 Å². The summed E-state index contributed by atoms with van der Waals surface area (Å²) in [4.78, 5) is 29.9. The molecule has 1 N–H and O–H groups in total. The monoisotopic (exact) mass is 695 g/mol. The van der Waals surface area contributed by atoms with Gasteiger partial charge >= 0.3 is 0 Å². The van der Waals surface area contributed by atoms with E-state index in [2.05, 4.69) is 5.32 Å².